The van der Waals surface area contributed by atoms with E-state index in [1.807, 2.05) is 78.9 Å². The summed E-state index contributed by atoms with van der Waals surface area (Å²) in [5.74, 6) is 1.38. The summed E-state index contributed by atoms with van der Waals surface area (Å²) >= 11 is 3.15. The minimum absolute atomic E-state index is 0.0796. The predicted octanol–water partition coefficient (Wildman–Crippen LogP) is 3.60. The molecule has 11 heteroatoms. The van der Waals surface area contributed by atoms with Crippen LogP contribution in [0.25, 0.3) is 0 Å². The maximum Gasteiger partial charge on any atom is 0.330 e. The monoisotopic (exact) mass is 638 g/mol. The van der Waals surface area contributed by atoms with Crippen molar-refractivity contribution in [2.45, 2.75) is 30.1 Å². The SMILES string of the molecule is COc1ccc(C(OC[C@H]2O[C@@H](n3cc(Br)c(=O)[nH]c3=O)[C@H](OC)[C@@H]2O)(c2ccccc2)c2ccc(OC)cc2)cc1. The van der Waals surface area contributed by atoms with E-state index < -0.39 is 41.4 Å². The molecule has 0 amide bonds. The topological polar surface area (TPSA) is 121 Å². The highest BCUT2D eigenvalue weighted by Crippen LogP contribution is 2.43. The number of aromatic amines is 1. The number of ether oxygens (including phenoxy) is 5. The molecule has 42 heavy (non-hydrogen) atoms. The van der Waals surface area contributed by atoms with Crippen molar-refractivity contribution in [1.82, 2.24) is 9.55 Å². The van der Waals surface area contributed by atoms with Gasteiger partial charge in [0.25, 0.3) is 5.56 Å². The van der Waals surface area contributed by atoms with Gasteiger partial charge in [0.1, 0.15) is 35.4 Å². The van der Waals surface area contributed by atoms with Crippen molar-refractivity contribution in [2.75, 3.05) is 27.9 Å². The molecule has 1 aliphatic heterocycles. The fourth-order valence-electron chi connectivity index (χ4n) is 5.27. The Morgan fingerprint density at radius 2 is 1.43 bits per heavy atom. The Morgan fingerprint density at radius 3 is 1.95 bits per heavy atom. The number of methoxy groups -OCH3 is 3. The normalized spacial score (nSPS) is 20.4. The van der Waals surface area contributed by atoms with E-state index in [0.29, 0.717) is 11.5 Å². The van der Waals surface area contributed by atoms with Gasteiger partial charge in [-0.1, -0.05) is 54.6 Å². The summed E-state index contributed by atoms with van der Waals surface area (Å²) in [6.07, 6.45) is -2.67. The lowest BCUT2D eigenvalue weighted by Gasteiger charge is -2.37. The van der Waals surface area contributed by atoms with Gasteiger partial charge in [0.2, 0.25) is 0 Å². The molecule has 2 N–H and O–H groups in total. The van der Waals surface area contributed by atoms with Gasteiger partial charge >= 0.3 is 5.69 Å². The van der Waals surface area contributed by atoms with Crippen LogP contribution in [0.1, 0.15) is 22.9 Å². The second-order valence-electron chi connectivity index (χ2n) is 9.71. The first-order valence-corrected chi connectivity index (χ1v) is 14.0. The van der Waals surface area contributed by atoms with E-state index in [4.69, 9.17) is 23.7 Å². The van der Waals surface area contributed by atoms with Gasteiger partial charge in [0.15, 0.2) is 6.23 Å². The third-order valence-corrected chi connectivity index (χ3v) is 7.99. The first kappa shape index (κ1) is 29.7. The van der Waals surface area contributed by atoms with Crippen molar-refractivity contribution in [3.8, 4) is 11.5 Å². The quantitative estimate of drug-likeness (QED) is 0.253. The number of nitrogens with zero attached hydrogens (tertiary/aromatic N) is 1. The molecule has 1 saturated heterocycles. The molecule has 0 unspecified atom stereocenters. The third-order valence-electron chi connectivity index (χ3n) is 7.42. The second kappa shape index (κ2) is 12.6. The molecular formula is C31H31BrN2O8. The van der Waals surface area contributed by atoms with Crippen molar-refractivity contribution < 1.29 is 28.8 Å². The largest absolute Gasteiger partial charge is 0.497 e. The average molecular weight is 639 g/mol. The maximum atomic E-state index is 12.6. The Labute approximate surface area is 250 Å². The zero-order chi connectivity index (χ0) is 29.9. The summed E-state index contributed by atoms with van der Waals surface area (Å²) in [5, 5.41) is 11.3. The molecule has 220 valence electrons. The molecule has 1 fully saturated rings. The van der Waals surface area contributed by atoms with Crippen molar-refractivity contribution in [3.05, 3.63) is 127 Å². The van der Waals surface area contributed by atoms with Crippen LogP contribution in [0.3, 0.4) is 0 Å². The highest BCUT2D eigenvalue weighted by molar-refractivity contribution is 9.10. The van der Waals surface area contributed by atoms with Gasteiger partial charge in [-0.3, -0.25) is 14.3 Å². The third kappa shape index (κ3) is 5.53. The Balaban J connectivity index is 1.57. The fourth-order valence-corrected chi connectivity index (χ4v) is 5.59. The van der Waals surface area contributed by atoms with E-state index in [9.17, 15) is 14.7 Å². The molecular weight excluding hydrogens is 608 g/mol. The number of hydrogen-bond donors (Lipinski definition) is 2. The van der Waals surface area contributed by atoms with Gasteiger partial charge in [0.05, 0.1) is 25.3 Å². The summed E-state index contributed by atoms with van der Waals surface area (Å²) in [5.41, 5.74) is 0.0601. The molecule has 1 aliphatic rings. The molecule has 0 aliphatic carbocycles. The van der Waals surface area contributed by atoms with Gasteiger partial charge in [0, 0.05) is 13.3 Å². The number of aliphatic hydroxyl groups excluding tert-OH is 1. The average Bonchev–Trinajstić information content (AvgIpc) is 3.34. The number of aliphatic hydroxyl groups is 1. The van der Waals surface area contributed by atoms with Crippen molar-refractivity contribution in [2.24, 2.45) is 0 Å². The van der Waals surface area contributed by atoms with Crippen LogP contribution < -0.4 is 20.7 Å². The molecule has 2 heterocycles. The van der Waals surface area contributed by atoms with E-state index in [1.165, 1.54) is 17.9 Å². The molecule has 0 spiro atoms. The number of H-pyrrole nitrogens is 1. The van der Waals surface area contributed by atoms with Gasteiger partial charge in [-0.05, 0) is 56.9 Å². The predicted molar refractivity (Wildman–Crippen MR) is 158 cm³/mol. The van der Waals surface area contributed by atoms with Crippen LogP contribution in [0.15, 0.2) is 99.1 Å². The highest BCUT2D eigenvalue weighted by Gasteiger charge is 2.47. The maximum absolute atomic E-state index is 12.6. The second-order valence-corrected chi connectivity index (χ2v) is 10.6. The van der Waals surface area contributed by atoms with Crippen molar-refractivity contribution in [1.29, 1.82) is 0 Å². The van der Waals surface area contributed by atoms with E-state index in [0.717, 1.165) is 16.7 Å². The van der Waals surface area contributed by atoms with Gasteiger partial charge < -0.3 is 28.8 Å². The van der Waals surface area contributed by atoms with Gasteiger partial charge in [-0.15, -0.1) is 0 Å². The van der Waals surface area contributed by atoms with E-state index in [2.05, 4.69) is 20.9 Å². The Kier molecular flexibility index (Phi) is 8.95. The number of hydrogen-bond acceptors (Lipinski definition) is 8. The lowest BCUT2D eigenvalue weighted by molar-refractivity contribution is -0.0967. The van der Waals surface area contributed by atoms with Gasteiger partial charge in [-0.2, -0.15) is 0 Å². The van der Waals surface area contributed by atoms with Crippen LogP contribution in [-0.4, -0.2) is 60.9 Å². The zero-order valence-electron chi connectivity index (χ0n) is 23.2. The molecule has 3 aromatic carbocycles. The number of rotatable bonds is 10. The molecule has 5 rings (SSSR count). The highest BCUT2D eigenvalue weighted by atomic mass is 79.9. The molecule has 1 aromatic heterocycles. The summed E-state index contributed by atoms with van der Waals surface area (Å²) in [4.78, 5) is 26.8. The minimum atomic E-state index is -1.15. The summed E-state index contributed by atoms with van der Waals surface area (Å²) in [6.45, 7) is -0.0796. The summed E-state index contributed by atoms with van der Waals surface area (Å²) in [6, 6.07) is 24.9. The Morgan fingerprint density at radius 1 is 0.881 bits per heavy atom. The fraction of sp³-hybridized carbons (Fsp3) is 0.290. The number of benzene rings is 3. The standard InChI is InChI=1S/C31H31BrN2O8/c1-38-22-13-9-20(10-14-22)31(19-7-5-4-6-8-19,21-11-15-23(39-2)16-12-21)41-18-25-26(35)27(40-3)29(42-25)34-17-24(32)28(36)33-30(34)37/h4-17,25-27,29,35H,18H2,1-3H3,(H,33,36,37)/t25-,26-,27-,29-/m1/s1. The van der Waals surface area contributed by atoms with Crippen LogP contribution in [0.2, 0.25) is 0 Å². The lowest BCUT2D eigenvalue weighted by atomic mass is 9.80. The molecule has 0 bridgehead atoms. The summed E-state index contributed by atoms with van der Waals surface area (Å²) in [7, 11) is 4.63. The van der Waals surface area contributed by atoms with Crippen LogP contribution in [0, 0.1) is 0 Å². The smallest absolute Gasteiger partial charge is 0.330 e. The van der Waals surface area contributed by atoms with E-state index >= 15 is 0 Å². The first-order chi connectivity index (χ1) is 20.3. The van der Waals surface area contributed by atoms with Crippen LogP contribution >= 0.6 is 15.9 Å². The zero-order valence-corrected chi connectivity index (χ0v) is 24.8. The molecule has 4 aromatic rings. The minimum Gasteiger partial charge on any atom is -0.497 e. The lowest BCUT2D eigenvalue weighted by Crippen LogP contribution is -2.40. The van der Waals surface area contributed by atoms with Gasteiger partial charge in [-0.25, -0.2) is 4.79 Å². The number of nitrogens with one attached hydrogen (secondary N) is 1. The van der Waals surface area contributed by atoms with Crippen molar-refractivity contribution >= 4 is 15.9 Å². The number of aromatic nitrogens is 2. The molecule has 0 radical (unpaired) electrons. The Hall–Kier alpha value is -3.74. The Bertz CT molecular complexity index is 1560. The molecule has 4 atom stereocenters. The summed E-state index contributed by atoms with van der Waals surface area (Å²) < 4.78 is 30.7. The van der Waals surface area contributed by atoms with Crippen molar-refractivity contribution in [3.63, 3.8) is 0 Å². The number of halogens is 1. The molecule has 10 nitrogen and oxygen atoms in total. The van der Waals surface area contributed by atoms with E-state index in [1.54, 1.807) is 14.2 Å². The first-order valence-electron chi connectivity index (χ1n) is 13.2. The van der Waals surface area contributed by atoms with Crippen LogP contribution in [-0.2, 0) is 19.8 Å². The van der Waals surface area contributed by atoms with E-state index in [-0.39, 0.29) is 11.1 Å². The van der Waals surface area contributed by atoms with Crippen LogP contribution in [0.5, 0.6) is 11.5 Å². The van der Waals surface area contributed by atoms with Crippen LogP contribution in [0.4, 0.5) is 0 Å². The molecule has 0 saturated carbocycles.